The maximum Gasteiger partial charge on any atom is 0.227 e. The highest BCUT2D eigenvalue weighted by Gasteiger charge is 2.28. The second-order valence-corrected chi connectivity index (χ2v) is 6.84. The van der Waals surface area contributed by atoms with Crippen LogP contribution in [-0.2, 0) is 11.2 Å². The van der Waals surface area contributed by atoms with Crippen LogP contribution in [0.25, 0.3) is 0 Å². The third kappa shape index (κ3) is 4.82. The van der Waals surface area contributed by atoms with Gasteiger partial charge in [0.05, 0.1) is 0 Å². The summed E-state index contributed by atoms with van der Waals surface area (Å²) in [5.74, 6) is 2.70. The largest absolute Gasteiger partial charge is 0.356 e. The molecule has 5 nitrogen and oxygen atoms in total. The second-order valence-electron chi connectivity index (χ2n) is 6.84. The Hall–Kier alpha value is -1.39. The molecule has 1 aromatic heterocycles. The van der Waals surface area contributed by atoms with Crippen molar-refractivity contribution < 1.29 is 9.32 Å². The van der Waals surface area contributed by atoms with Gasteiger partial charge in [0.1, 0.15) is 0 Å². The molecular weight excluding hydrogens is 278 g/mol. The molecule has 1 N–H and O–H groups in total. The van der Waals surface area contributed by atoms with Gasteiger partial charge in [0.15, 0.2) is 5.82 Å². The fourth-order valence-electron chi connectivity index (χ4n) is 3.19. The van der Waals surface area contributed by atoms with Gasteiger partial charge in [0.2, 0.25) is 11.8 Å². The second kappa shape index (κ2) is 7.75. The molecule has 2 aliphatic carbocycles. The summed E-state index contributed by atoms with van der Waals surface area (Å²) in [6.45, 7) is 0.829. The van der Waals surface area contributed by atoms with Gasteiger partial charge in [-0.3, -0.25) is 4.79 Å². The van der Waals surface area contributed by atoms with Gasteiger partial charge in [-0.05, 0) is 31.6 Å². The summed E-state index contributed by atoms with van der Waals surface area (Å²) in [7, 11) is 0. The van der Waals surface area contributed by atoms with Crippen LogP contribution >= 0.6 is 0 Å². The Morgan fingerprint density at radius 3 is 2.55 bits per heavy atom. The summed E-state index contributed by atoms with van der Waals surface area (Å²) in [5, 5.41) is 7.06. The number of nitrogens with zero attached hydrogens (tertiary/aromatic N) is 2. The van der Waals surface area contributed by atoms with Gasteiger partial charge in [-0.2, -0.15) is 4.98 Å². The van der Waals surface area contributed by atoms with Gasteiger partial charge >= 0.3 is 0 Å². The molecule has 5 heteroatoms. The van der Waals surface area contributed by atoms with E-state index in [1.54, 1.807) is 0 Å². The summed E-state index contributed by atoms with van der Waals surface area (Å²) >= 11 is 0. The molecule has 0 spiro atoms. The smallest absolute Gasteiger partial charge is 0.227 e. The normalized spacial score (nSPS) is 20.4. The zero-order valence-electron chi connectivity index (χ0n) is 13.4. The first kappa shape index (κ1) is 15.5. The minimum Gasteiger partial charge on any atom is -0.356 e. The van der Waals surface area contributed by atoms with Crippen molar-refractivity contribution in [3.63, 3.8) is 0 Å². The van der Waals surface area contributed by atoms with Gasteiger partial charge in [0, 0.05) is 25.3 Å². The van der Waals surface area contributed by atoms with Crippen LogP contribution in [0, 0.1) is 5.92 Å². The number of aromatic nitrogens is 2. The number of carbonyl (C=O) groups excluding carboxylic acids is 1. The molecule has 1 amide bonds. The predicted octanol–water partition coefficient (Wildman–Crippen LogP) is 3.36. The highest BCUT2D eigenvalue weighted by atomic mass is 16.5. The van der Waals surface area contributed by atoms with E-state index < -0.39 is 0 Å². The number of carbonyl (C=O) groups is 1. The molecule has 3 rings (SSSR count). The summed E-state index contributed by atoms with van der Waals surface area (Å²) in [4.78, 5) is 16.3. The molecule has 1 heterocycles. The number of nitrogens with one attached hydrogen (secondary N) is 1. The third-order valence-corrected chi connectivity index (χ3v) is 4.80. The zero-order valence-corrected chi connectivity index (χ0v) is 13.4. The quantitative estimate of drug-likeness (QED) is 0.875. The molecule has 2 fully saturated rings. The fourth-order valence-corrected chi connectivity index (χ4v) is 3.19. The van der Waals surface area contributed by atoms with Crippen molar-refractivity contribution in [2.45, 2.75) is 76.5 Å². The molecule has 0 bridgehead atoms. The molecular formula is C17H27N3O2. The van der Waals surface area contributed by atoms with Crippen molar-refractivity contribution in [2.75, 3.05) is 6.54 Å². The van der Waals surface area contributed by atoms with Crippen molar-refractivity contribution in [1.82, 2.24) is 15.5 Å². The Balaban J connectivity index is 1.34. The molecule has 0 unspecified atom stereocenters. The van der Waals surface area contributed by atoms with Gasteiger partial charge in [0.25, 0.3) is 0 Å². The van der Waals surface area contributed by atoms with Crippen molar-refractivity contribution in [3.8, 4) is 0 Å². The van der Waals surface area contributed by atoms with E-state index in [0.717, 1.165) is 12.4 Å². The number of amides is 1. The van der Waals surface area contributed by atoms with Crippen LogP contribution in [0.1, 0.15) is 81.8 Å². The maximum atomic E-state index is 12.0. The summed E-state index contributed by atoms with van der Waals surface area (Å²) in [6, 6.07) is 0. The van der Waals surface area contributed by atoms with Crippen LogP contribution in [-0.4, -0.2) is 22.6 Å². The first-order chi connectivity index (χ1) is 10.8. The van der Waals surface area contributed by atoms with Gasteiger partial charge in [-0.25, -0.2) is 0 Å². The molecule has 2 aliphatic rings. The van der Waals surface area contributed by atoms with Crippen LogP contribution in [0.5, 0.6) is 0 Å². The van der Waals surface area contributed by atoms with Gasteiger partial charge < -0.3 is 9.84 Å². The van der Waals surface area contributed by atoms with Crippen LogP contribution in [0.4, 0.5) is 0 Å². The van der Waals surface area contributed by atoms with E-state index >= 15 is 0 Å². The van der Waals surface area contributed by atoms with Crippen molar-refractivity contribution in [3.05, 3.63) is 11.7 Å². The molecule has 122 valence electrons. The number of hydrogen-bond donors (Lipinski definition) is 1. The average Bonchev–Trinajstić information content (AvgIpc) is 3.23. The van der Waals surface area contributed by atoms with Crippen molar-refractivity contribution in [1.29, 1.82) is 0 Å². The molecule has 22 heavy (non-hydrogen) atoms. The SMILES string of the molecule is O=C(CCc1nc(C2CC2)no1)NCC1CCCCCCC1. The summed E-state index contributed by atoms with van der Waals surface area (Å²) < 4.78 is 5.20. The minimum absolute atomic E-state index is 0.105. The molecule has 0 aliphatic heterocycles. The lowest BCUT2D eigenvalue weighted by atomic mass is 9.91. The van der Waals surface area contributed by atoms with Crippen LogP contribution in [0.2, 0.25) is 0 Å². The lowest BCUT2D eigenvalue weighted by Crippen LogP contribution is -2.29. The minimum atomic E-state index is 0.105. The lowest BCUT2D eigenvalue weighted by Gasteiger charge is -2.19. The van der Waals surface area contributed by atoms with Crippen molar-refractivity contribution >= 4 is 5.91 Å². The summed E-state index contributed by atoms with van der Waals surface area (Å²) in [6.07, 6.45) is 12.6. The standard InChI is InChI=1S/C17H27N3O2/c21-15(18-12-13-6-4-2-1-3-5-7-13)10-11-16-19-17(20-22-16)14-8-9-14/h13-14H,1-12H2,(H,18,21). The van der Waals surface area contributed by atoms with Gasteiger partial charge in [-0.15, -0.1) is 0 Å². The first-order valence-corrected chi connectivity index (χ1v) is 8.90. The molecule has 2 saturated carbocycles. The Kier molecular flexibility index (Phi) is 5.46. The lowest BCUT2D eigenvalue weighted by molar-refractivity contribution is -0.121. The zero-order chi connectivity index (χ0) is 15.2. The molecule has 1 aromatic rings. The number of hydrogen-bond acceptors (Lipinski definition) is 4. The topological polar surface area (TPSA) is 68.0 Å². The molecule has 0 radical (unpaired) electrons. The maximum absolute atomic E-state index is 12.0. The first-order valence-electron chi connectivity index (χ1n) is 8.90. The monoisotopic (exact) mass is 305 g/mol. The average molecular weight is 305 g/mol. The molecule has 0 saturated heterocycles. The third-order valence-electron chi connectivity index (χ3n) is 4.80. The molecule has 0 aromatic carbocycles. The van der Waals surface area contributed by atoms with E-state index in [0.29, 0.717) is 30.6 Å². The highest BCUT2D eigenvalue weighted by Crippen LogP contribution is 2.38. The van der Waals surface area contributed by atoms with Gasteiger partial charge in [-0.1, -0.05) is 37.3 Å². The van der Waals surface area contributed by atoms with E-state index in [4.69, 9.17) is 4.52 Å². The van der Waals surface area contributed by atoms with E-state index in [-0.39, 0.29) is 5.91 Å². The van der Waals surface area contributed by atoms with Crippen LogP contribution < -0.4 is 5.32 Å². The summed E-state index contributed by atoms with van der Waals surface area (Å²) in [5.41, 5.74) is 0. The van der Waals surface area contributed by atoms with E-state index in [2.05, 4.69) is 15.5 Å². The number of rotatable bonds is 6. The van der Waals surface area contributed by atoms with Crippen LogP contribution in [0.15, 0.2) is 4.52 Å². The Labute approximate surface area is 132 Å². The Morgan fingerprint density at radius 1 is 1.09 bits per heavy atom. The molecule has 0 atom stereocenters. The van der Waals surface area contributed by atoms with E-state index in [1.165, 1.54) is 57.8 Å². The van der Waals surface area contributed by atoms with Crippen LogP contribution in [0.3, 0.4) is 0 Å². The Morgan fingerprint density at radius 2 is 1.82 bits per heavy atom. The van der Waals surface area contributed by atoms with Crippen molar-refractivity contribution in [2.24, 2.45) is 5.92 Å². The van der Waals surface area contributed by atoms with E-state index in [9.17, 15) is 4.79 Å². The number of aryl methyl sites for hydroxylation is 1. The predicted molar refractivity (Wildman–Crippen MR) is 83.4 cm³/mol. The fraction of sp³-hybridized carbons (Fsp3) is 0.824. The highest BCUT2D eigenvalue weighted by molar-refractivity contribution is 5.75. The Bertz CT molecular complexity index is 474. The van der Waals surface area contributed by atoms with E-state index in [1.807, 2.05) is 0 Å².